The largest absolute Gasteiger partial charge is 0.373 e. The van der Waals surface area contributed by atoms with Gasteiger partial charge in [0.1, 0.15) is 0 Å². The van der Waals surface area contributed by atoms with Gasteiger partial charge >= 0.3 is 0 Å². The van der Waals surface area contributed by atoms with Gasteiger partial charge in [-0.25, -0.2) is 0 Å². The zero-order chi connectivity index (χ0) is 12.1. The maximum Gasteiger partial charge on any atom is 0.0991 e. The number of hydrogen-bond acceptors (Lipinski definition) is 3. The summed E-state index contributed by atoms with van der Waals surface area (Å²) in [7, 11) is 0. The van der Waals surface area contributed by atoms with Crippen LogP contribution in [0.3, 0.4) is 0 Å². The second-order valence-electron chi connectivity index (χ2n) is 4.67. The van der Waals surface area contributed by atoms with Crippen molar-refractivity contribution in [2.75, 3.05) is 0 Å². The molecule has 2 unspecified atom stereocenters. The van der Waals surface area contributed by atoms with Crippen LogP contribution in [-0.2, 0) is 11.3 Å². The summed E-state index contributed by atoms with van der Waals surface area (Å²) < 4.78 is 5.85. The van der Waals surface area contributed by atoms with E-state index in [1.165, 1.54) is 0 Å². The van der Waals surface area contributed by atoms with Crippen LogP contribution in [0.1, 0.15) is 36.8 Å². The van der Waals surface area contributed by atoms with Gasteiger partial charge in [0, 0.05) is 6.04 Å². The van der Waals surface area contributed by atoms with Gasteiger partial charge in [0.25, 0.3) is 0 Å². The fourth-order valence-electron chi connectivity index (χ4n) is 2.28. The summed E-state index contributed by atoms with van der Waals surface area (Å²) in [4.78, 5) is 0. The Kier molecular flexibility index (Phi) is 4.13. The average molecular weight is 230 g/mol. The zero-order valence-electron chi connectivity index (χ0n) is 9.93. The standard InChI is InChI=1S/C14H18N2O/c15-9-11-3-1-4-12(7-11)10-17-14-6-2-5-13(16)8-14/h1,3-4,7,13-14H,2,5-6,8,10,16H2. The molecule has 1 aliphatic rings. The Morgan fingerprint density at radius 1 is 1.41 bits per heavy atom. The van der Waals surface area contributed by atoms with Gasteiger partial charge in [-0.1, -0.05) is 12.1 Å². The minimum Gasteiger partial charge on any atom is -0.373 e. The molecule has 0 heterocycles. The van der Waals surface area contributed by atoms with Crippen LogP contribution in [0.5, 0.6) is 0 Å². The van der Waals surface area contributed by atoms with Gasteiger partial charge in [-0.3, -0.25) is 0 Å². The molecule has 2 rings (SSSR count). The van der Waals surface area contributed by atoms with Gasteiger partial charge in [-0.15, -0.1) is 0 Å². The van der Waals surface area contributed by atoms with Crippen molar-refractivity contribution in [3.8, 4) is 6.07 Å². The highest BCUT2D eigenvalue weighted by Gasteiger charge is 2.19. The Hall–Kier alpha value is -1.37. The first-order valence-corrected chi connectivity index (χ1v) is 6.14. The van der Waals surface area contributed by atoms with E-state index in [0.29, 0.717) is 18.2 Å². The summed E-state index contributed by atoms with van der Waals surface area (Å²) >= 11 is 0. The third kappa shape index (κ3) is 3.55. The smallest absolute Gasteiger partial charge is 0.0991 e. The van der Waals surface area contributed by atoms with E-state index >= 15 is 0 Å². The molecule has 17 heavy (non-hydrogen) atoms. The summed E-state index contributed by atoms with van der Waals surface area (Å²) in [6.07, 6.45) is 4.61. The predicted molar refractivity (Wildman–Crippen MR) is 66.2 cm³/mol. The van der Waals surface area contributed by atoms with E-state index in [9.17, 15) is 0 Å². The molecule has 3 heteroatoms. The molecule has 1 fully saturated rings. The van der Waals surface area contributed by atoms with Crippen molar-refractivity contribution in [3.05, 3.63) is 35.4 Å². The Morgan fingerprint density at radius 2 is 2.29 bits per heavy atom. The van der Waals surface area contributed by atoms with Gasteiger partial charge in [0.05, 0.1) is 24.3 Å². The molecule has 3 nitrogen and oxygen atoms in total. The van der Waals surface area contributed by atoms with Crippen LogP contribution in [0.25, 0.3) is 0 Å². The molecule has 2 N–H and O–H groups in total. The zero-order valence-corrected chi connectivity index (χ0v) is 9.93. The lowest BCUT2D eigenvalue weighted by atomic mass is 9.93. The van der Waals surface area contributed by atoms with E-state index in [1.807, 2.05) is 18.2 Å². The Balaban J connectivity index is 1.87. The van der Waals surface area contributed by atoms with Gasteiger partial charge in [0.15, 0.2) is 0 Å². The molecule has 0 saturated heterocycles. The van der Waals surface area contributed by atoms with Crippen LogP contribution in [-0.4, -0.2) is 12.1 Å². The first kappa shape index (κ1) is 12.1. The monoisotopic (exact) mass is 230 g/mol. The summed E-state index contributed by atoms with van der Waals surface area (Å²) in [6, 6.07) is 9.99. The van der Waals surface area contributed by atoms with Crippen LogP contribution in [0.2, 0.25) is 0 Å². The minimum absolute atomic E-state index is 0.282. The molecule has 1 aromatic carbocycles. The number of nitrogens with zero attached hydrogens (tertiary/aromatic N) is 1. The fraction of sp³-hybridized carbons (Fsp3) is 0.500. The topological polar surface area (TPSA) is 59.0 Å². The summed E-state index contributed by atoms with van der Waals surface area (Å²) in [5.41, 5.74) is 7.66. The number of benzene rings is 1. The van der Waals surface area contributed by atoms with Crippen molar-refractivity contribution in [2.45, 2.75) is 44.4 Å². The second kappa shape index (κ2) is 5.81. The fourth-order valence-corrected chi connectivity index (χ4v) is 2.28. The molecule has 0 bridgehead atoms. The number of hydrogen-bond donors (Lipinski definition) is 1. The number of nitriles is 1. The van der Waals surface area contributed by atoms with Crippen LogP contribution >= 0.6 is 0 Å². The summed E-state index contributed by atoms with van der Waals surface area (Å²) in [6.45, 7) is 0.576. The third-order valence-electron chi connectivity index (χ3n) is 3.21. The van der Waals surface area contributed by atoms with Crippen LogP contribution in [0.4, 0.5) is 0 Å². The van der Waals surface area contributed by atoms with Crippen molar-refractivity contribution in [1.29, 1.82) is 5.26 Å². The number of nitrogens with two attached hydrogens (primary N) is 1. The molecular weight excluding hydrogens is 212 g/mol. The molecule has 1 saturated carbocycles. The molecule has 0 radical (unpaired) electrons. The van der Waals surface area contributed by atoms with E-state index in [1.54, 1.807) is 6.07 Å². The third-order valence-corrected chi connectivity index (χ3v) is 3.21. The molecule has 0 spiro atoms. The predicted octanol–water partition coefficient (Wildman–Crippen LogP) is 2.34. The molecule has 1 aliphatic carbocycles. The first-order chi connectivity index (χ1) is 8.28. The van der Waals surface area contributed by atoms with Crippen molar-refractivity contribution in [1.82, 2.24) is 0 Å². The highest BCUT2D eigenvalue weighted by molar-refractivity contribution is 5.32. The van der Waals surface area contributed by atoms with Crippen molar-refractivity contribution in [2.24, 2.45) is 5.73 Å². The molecule has 1 aromatic rings. The SMILES string of the molecule is N#Cc1cccc(COC2CCCC(N)C2)c1. The molecular formula is C14H18N2O. The molecule has 0 aliphatic heterocycles. The molecule has 0 amide bonds. The summed E-state index contributed by atoms with van der Waals surface area (Å²) in [5, 5.41) is 8.81. The Morgan fingerprint density at radius 3 is 3.06 bits per heavy atom. The lowest BCUT2D eigenvalue weighted by Gasteiger charge is -2.26. The van der Waals surface area contributed by atoms with E-state index in [2.05, 4.69) is 6.07 Å². The van der Waals surface area contributed by atoms with Crippen LogP contribution in [0.15, 0.2) is 24.3 Å². The van der Waals surface area contributed by atoms with Crippen LogP contribution in [0, 0.1) is 11.3 Å². The van der Waals surface area contributed by atoms with Gasteiger partial charge in [-0.2, -0.15) is 5.26 Å². The minimum atomic E-state index is 0.282. The quantitative estimate of drug-likeness (QED) is 0.867. The number of ether oxygens (including phenoxy) is 1. The van der Waals surface area contributed by atoms with Gasteiger partial charge in [0.2, 0.25) is 0 Å². The van der Waals surface area contributed by atoms with Crippen molar-refractivity contribution < 1.29 is 4.74 Å². The highest BCUT2D eigenvalue weighted by atomic mass is 16.5. The summed E-state index contributed by atoms with van der Waals surface area (Å²) in [5.74, 6) is 0. The van der Waals surface area contributed by atoms with Gasteiger partial charge in [-0.05, 0) is 43.4 Å². The van der Waals surface area contributed by atoms with E-state index in [0.717, 1.165) is 31.2 Å². The first-order valence-electron chi connectivity index (χ1n) is 6.14. The lowest BCUT2D eigenvalue weighted by molar-refractivity contribution is 0.0122. The normalized spacial score (nSPS) is 24.2. The Bertz CT molecular complexity index is 411. The maximum absolute atomic E-state index is 8.81. The highest BCUT2D eigenvalue weighted by Crippen LogP contribution is 2.21. The Labute approximate surface area is 102 Å². The average Bonchev–Trinajstić information content (AvgIpc) is 2.37. The van der Waals surface area contributed by atoms with Crippen molar-refractivity contribution in [3.63, 3.8) is 0 Å². The second-order valence-corrected chi connectivity index (χ2v) is 4.67. The molecule has 0 aromatic heterocycles. The molecule has 90 valence electrons. The lowest BCUT2D eigenvalue weighted by Crippen LogP contribution is -2.32. The van der Waals surface area contributed by atoms with E-state index in [4.69, 9.17) is 15.7 Å². The number of rotatable bonds is 3. The van der Waals surface area contributed by atoms with E-state index in [-0.39, 0.29) is 6.10 Å². The van der Waals surface area contributed by atoms with Gasteiger partial charge < -0.3 is 10.5 Å². The van der Waals surface area contributed by atoms with E-state index < -0.39 is 0 Å². The maximum atomic E-state index is 8.81. The van der Waals surface area contributed by atoms with Crippen molar-refractivity contribution >= 4 is 0 Å². The molecule has 2 atom stereocenters. The van der Waals surface area contributed by atoms with Crippen LogP contribution < -0.4 is 5.73 Å².